The number of anilines is 1. The molecule has 4 aromatic rings. The first-order chi connectivity index (χ1) is 13.8. The van der Waals surface area contributed by atoms with Gasteiger partial charge in [-0.05, 0) is 37.1 Å². The van der Waals surface area contributed by atoms with Crippen molar-refractivity contribution in [3.05, 3.63) is 53.4 Å². The zero-order chi connectivity index (χ0) is 18.9. The number of aromatic nitrogens is 2. The maximum Gasteiger partial charge on any atom is 0.263 e. The molecule has 5 rings (SSSR count). The fourth-order valence-corrected chi connectivity index (χ4v) is 4.24. The van der Waals surface area contributed by atoms with Crippen LogP contribution in [0, 0.1) is 0 Å². The molecule has 7 nitrogen and oxygen atoms in total. The van der Waals surface area contributed by atoms with Crippen molar-refractivity contribution >= 4 is 33.9 Å². The van der Waals surface area contributed by atoms with Gasteiger partial charge in [0.1, 0.15) is 21.3 Å². The van der Waals surface area contributed by atoms with E-state index in [9.17, 15) is 4.79 Å². The Hall–Kier alpha value is -3.13. The van der Waals surface area contributed by atoms with Gasteiger partial charge < -0.3 is 19.2 Å². The largest absolute Gasteiger partial charge is 0.467 e. The average Bonchev–Trinajstić information content (AvgIpc) is 3.51. The number of nitrogens with zero attached hydrogens (tertiary/aromatic N) is 3. The maximum absolute atomic E-state index is 12.3. The van der Waals surface area contributed by atoms with Gasteiger partial charge in [0.15, 0.2) is 5.58 Å². The normalized spacial score (nSPS) is 14.1. The van der Waals surface area contributed by atoms with Crippen LogP contribution in [0.2, 0.25) is 0 Å². The van der Waals surface area contributed by atoms with Gasteiger partial charge in [-0.3, -0.25) is 4.79 Å². The molecule has 0 spiro atoms. The number of nitrogens with one attached hydrogen (secondary N) is 1. The number of fused-ring (bicyclic) bond motifs is 1. The summed E-state index contributed by atoms with van der Waals surface area (Å²) in [6.07, 6.45) is 5.60. The number of amides is 1. The predicted molar refractivity (Wildman–Crippen MR) is 106 cm³/mol. The van der Waals surface area contributed by atoms with E-state index in [1.165, 1.54) is 24.2 Å². The zero-order valence-electron chi connectivity index (χ0n) is 15.1. The first-order valence-corrected chi connectivity index (χ1v) is 10.0. The van der Waals surface area contributed by atoms with Crippen LogP contribution in [0.3, 0.4) is 0 Å². The second-order valence-corrected chi connectivity index (χ2v) is 7.73. The summed E-state index contributed by atoms with van der Waals surface area (Å²) in [4.78, 5) is 19.6. The van der Waals surface area contributed by atoms with Gasteiger partial charge in [-0.1, -0.05) is 5.16 Å². The van der Waals surface area contributed by atoms with Gasteiger partial charge in [-0.15, -0.1) is 11.3 Å². The Balaban J connectivity index is 1.36. The molecule has 3 aromatic heterocycles. The van der Waals surface area contributed by atoms with Crippen LogP contribution < -0.4 is 10.2 Å². The average molecular weight is 394 g/mol. The van der Waals surface area contributed by atoms with E-state index in [2.05, 4.69) is 26.4 Å². The molecule has 0 aliphatic carbocycles. The number of hydrogen-bond donors (Lipinski definition) is 1. The molecule has 1 N–H and O–H groups in total. The van der Waals surface area contributed by atoms with Crippen molar-refractivity contribution in [2.45, 2.75) is 19.4 Å². The first kappa shape index (κ1) is 17.0. The fourth-order valence-electron chi connectivity index (χ4n) is 3.41. The number of thiazole rings is 1. The van der Waals surface area contributed by atoms with E-state index in [-0.39, 0.29) is 5.91 Å². The third-order valence-electron chi connectivity index (χ3n) is 4.86. The summed E-state index contributed by atoms with van der Waals surface area (Å²) < 4.78 is 10.8. The van der Waals surface area contributed by atoms with Crippen LogP contribution >= 0.6 is 11.3 Å². The van der Waals surface area contributed by atoms with Crippen LogP contribution in [0.5, 0.6) is 0 Å². The lowest BCUT2D eigenvalue weighted by atomic mass is 10.2. The summed E-state index contributed by atoms with van der Waals surface area (Å²) in [5, 5.41) is 8.59. The van der Waals surface area contributed by atoms with Crippen molar-refractivity contribution < 1.29 is 13.7 Å². The van der Waals surface area contributed by atoms with Crippen molar-refractivity contribution in [3.63, 3.8) is 0 Å². The number of hydrogen-bond acceptors (Lipinski definition) is 7. The number of carbonyl (C=O) groups excluding carboxylic acids is 1. The molecule has 1 aromatic carbocycles. The summed E-state index contributed by atoms with van der Waals surface area (Å²) in [5.74, 6) is 0.513. The summed E-state index contributed by atoms with van der Waals surface area (Å²) in [6, 6.07) is 9.75. The molecular formula is C20H18N4O3S. The molecule has 1 aliphatic rings. The summed E-state index contributed by atoms with van der Waals surface area (Å²) in [5.41, 5.74) is 2.56. The highest BCUT2D eigenvalue weighted by Gasteiger charge is 2.19. The molecular weight excluding hydrogens is 376 g/mol. The molecule has 0 radical (unpaired) electrons. The quantitative estimate of drug-likeness (QED) is 0.549. The lowest BCUT2D eigenvalue weighted by Crippen LogP contribution is -2.21. The molecule has 1 fully saturated rings. The number of furan rings is 1. The molecule has 8 heteroatoms. The van der Waals surface area contributed by atoms with E-state index in [1.54, 1.807) is 18.5 Å². The van der Waals surface area contributed by atoms with Crippen LogP contribution in [-0.4, -0.2) is 29.1 Å². The van der Waals surface area contributed by atoms with Crippen LogP contribution in [0.15, 0.2) is 51.7 Å². The molecule has 0 bridgehead atoms. The monoisotopic (exact) mass is 394 g/mol. The Bertz CT molecular complexity index is 1110. The predicted octanol–water partition coefficient (Wildman–Crippen LogP) is 4.07. The van der Waals surface area contributed by atoms with Crippen LogP contribution in [0.25, 0.3) is 21.7 Å². The van der Waals surface area contributed by atoms with Crippen molar-refractivity contribution in [2.24, 2.45) is 0 Å². The first-order valence-electron chi connectivity index (χ1n) is 9.19. The highest BCUT2D eigenvalue weighted by Crippen LogP contribution is 2.33. The van der Waals surface area contributed by atoms with E-state index in [0.29, 0.717) is 27.9 Å². The third kappa shape index (κ3) is 3.16. The summed E-state index contributed by atoms with van der Waals surface area (Å²) in [7, 11) is 0. The SMILES string of the molecule is O=C(NCc1ccco1)c1cnc(-c2noc3cc(N4CCCC4)ccc23)s1. The molecule has 0 unspecified atom stereocenters. The molecule has 142 valence electrons. The van der Waals surface area contributed by atoms with Crippen molar-refractivity contribution in [2.75, 3.05) is 18.0 Å². The topological polar surface area (TPSA) is 84.4 Å². The minimum absolute atomic E-state index is 0.190. The van der Waals surface area contributed by atoms with E-state index in [4.69, 9.17) is 8.94 Å². The van der Waals surface area contributed by atoms with Gasteiger partial charge in [-0.25, -0.2) is 4.98 Å². The van der Waals surface area contributed by atoms with E-state index in [0.717, 1.165) is 29.7 Å². The maximum atomic E-state index is 12.3. The second-order valence-electron chi connectivity index (χ2n) is 6.70. The van der Waals surface area contributed by atoms with Crippen LogP contribution in [-0.2, 0) is 6.54 Å². The van der Waals surface area contributed by atoms with Crippen molar-refractivity contribution in [1.29, 1.82) is 0 Å². The smallest absolute Gasteiger partial charge is 0.263 e. The van der Waals surface area contributed by atoms with Crippen LogP contribution in [0.1, 0.15) is 28.3 Å². The Morgan fingerprint density at radius 3 is 2.96 bits per heavy atom. The van der Waals surface area contributed by atoms with Gasteiger partial charge in [0.25, 0.3) is 5.91 Å². The molecule has 1 saturated heterocycles. The van der Waals surface area contributed by atoms with Gasteiger partial charge in [0.2, 0.25) is 0 Å². The van der Waals surface area contributed by atoms with E-state index >= 15 is 0 Å². The fraction of sp³-hybridized carbons (Fsp3) is 0.250. The lowest BCUT2D eigenvalue weighted by molar-refractivity contribution is 0.0952. The molecule has 4 heterocycles. The molecule has 1 amide bonds. The Labute approximate surface area is 165 Å². The minimum atomic E-state index is -0.190. The van der Waals surface area contributed by atoms with Gasteiger partial charge >= 0.3 is 0 Å². The van der Waals surface area contributed by atoms with Crippen molar-refractivity contribution in [1.82, 2.24) is 15.5 Å². The van der Waals surface area contributed by atoms with Gasteiger partial charge in [0, 0.05) is 24.8 Å². The Kier molecular flexibility index (Phi) is 4.32. The van der Waals surface area contributed by atoms with Crippen LogP contribution in [0.4, 0.5) is 5.69 Å². The Morgan fingerprint density at radius 2 is 2.14 bits per heavy atom. The highest BCUT2D eigenvalue weighted by atomic mass is 32.1. The van der Waals surface area contributed by atoms with Gasteiger partial charge in [0.05, 0.1) is 24.4 Å². The molecule has 0 atom stereocenters. The molecule has 1 aliphatic heterocycles. The molecule has 28 heavy (non-hydrogen) atoms. The summed E-state index contributed by atoms with van der Waals surface area (Å²) >= 11 is 1.29. The number of rotatable bonds is 5. The second kappa shape index (κ2) is 7.12. The van der Waals surface area contributed by atoms with Gasteiger partial charge in [-0.2, -0.15) is 0 Å². The number of benzene rings is 1. The third-order valence-corrected chi connectivity index (χ3v) is 5.86. The van der Waals surface area contributed by atoms with E-state index in [1.807, 2.05) is 18.2 Å². The zero-order valence-corrected chi connectivity index (χ0v) is 15.9. The highest BCUT2D eigenvalue weighted by molar-refractivity contribution is 7.17. The van der Waals surface area contributed by atoms with Crippen molar-refractivity contribution in [3.8, 4) is 10.7 Å². The van der Waals surface area contributed by atoms with E-state index < -0.39 is 0 Å². The Morgan fingerprint density at radius 1 is 1.25 bits per heavy atom. The summed E-state index contributed by atoms with van der Waals surface area (Å²) in [6.45, 7) is 2.50. The molecule has 0 saturated carbocycles. The minimum Gasteiger partial charge on any atom is -0.467 e. The number of carbonyl (C=O) groups is 1. The lowest BCUT2D eigenvalue weighted by Gasteiger charge is -2.16. The standard InChI is InChI=1S/C20H18N4O3S/c25-19(21-11-14-4-3-9-26-14)17-12-22-20(28-17)18-15-6-5-13(10-16(15)27-23-18)24-7-1-2-8-24/h3-6,9-10,12H,1-2,7-8,11H2,(H,21,25).